The normalized spacial score (nSPS) is 15.7. The fraction of sp³-hybridized carbons (Fsp3) is 0.250. The Balaban J connectivity index is 1.52. The third-order valence-corrected chi connectivity index (χ3v) is 11.0. The van der Waals surface area contributed by atoms with Crippen LogP contribution in [0.1, 0.15) is 56.4 Å². The standard InChI is InChI=1S/C44H40Cl2N2O2/c1-43(2)23-33-35(27-11-7-5-8-12-27)37(29-15-19-31(45)20-16-29)40(47(33)25-43)39(42(49)50)41-38(30-17-21-32(46)22-18-30)36(28-13-9-6-10-14-28)34-24-44(3,4)26-48(34)41/h5-22,39H,23-26H2,1-4H3,(H,49,50)/p-1. The molecule has 2 aliphatic rings. The summed E-state index contributed by atoms with van der Waals surface area (Å²) in [5, 5.41) is 15.5. The maximum absolute atomic E-state index is 14.2. The number of benzene rings is 4. The fourth-order valence-electron chi connectivity index (χ4n) is 8.58. The summed E-state index contributed by atoms with van der Waals surface area (Å²) in [5.74, 6) is -2.20. The predicted molar refractivity (Wildman–Crippen MR) is 202 cm³/mol. The van der Waals surface area contributed by atoms with Gasteiger partial charge in [-0.15, -0.1) is 0 Å². The molecule has 0 N–H and O–H groups in total. The van der Waals surface area contributed by atoms with Crippen LogP contribution < -0.4 is 5.11 Å². The zero-order chi connectivity index (χ0) is 34.9. The molecular formula is C44H39Cl2N2O2-. The van der Waals surface area contributed by atoms with Crippen LogP contribution in [0.15, 0.2) is 109 Å². The number of hydrogen-bond acceptors (Lipinski definition) is 2. The SMILES string of the molecule is CC1(C)Cc2c(-c3ccccc3)c(-c3ccc(Cl)cc3)c(C(C(=O)[O-])c3c(-c4ccc(Cl)cc4)c(-c4ccccc4)c4n3CC(C)(C)C4)n2C1. The molecule has 0 fully saturated rings. The number of aliphatic carboxylic acids is 1. The number of fused-ring (bicyclic) bond motifs is 2. The zero-order valence-electron chi connectivity index (χ0n) is 28.8. The van der Waals surface area contributed by atoms with Crippen LogP contribution >= 0.6 is 23.2 Å². The van der Waals surface area contributed by atoms with Crippen LogP contribution in [-0.2, 0) is 30.7 Å². The van der Waals surface area contributed by atoms with Crippen molar-refractivity contribution in [1.29, 1.82) is 0 Å². The molecule has 2 aliphatic heterocycles. The number of carboxylic acid groups (broad SMARTS) is 1. The molecule has 0 amide bonds. The molecule has 0 saturated heterocycles. The Morgan fingerprint density at radius 2 is 0.900 bits per heavy atom. The molecule has 4 nitrogen and oxygen atoms in total. The van der Waals surface area contributed by atoms with Crippen molar-refractivity contribution in [1.82, 2.24) is 9.13 Å². The van der Waals surface area contributed by atoms with Gasteiger partial charge in [0, 0.05) is 68.2 Å². The van der Waals surface area contributed by atoms with E-state index in [0.717, 1.165) is 80.1 Å². The summed E-state index contributed by atoms with van der Waals surface area (Å²) in [6, 6.07) is 36.4. The van der Waals surface area contributed by atoms with E-state index in [-0.39, 0.29) is 10.8 Å². The van der Waals surface area contributed by atoms with Gasteiger partial charge in [0.05, 0.1) is 11.9 Å². The van der Waals surface area contributed by atoms with Crippen LogP contribution in [0.4, 0.5) is 0 Å². The minimum absolute atomic E-state index is 0.0695. The molecule has 6 aromatic rings. The molecule has 0 bridgehead atoms. The predicted octanol–water partition coefficient (Wildman–Crippen LogP) is 10.3. The summed E-state index contributed by atoms with van der Waals surface area (Å²) >= 11 is 12.9. The highest BCUT2D eigenvalue weighted by Crippen LogP contribution is 2.54. The average molecular weight is 699 g/mol. The quantitative estimate of drug-likeness (QED) is 0.167. The molecule has 50 heavy (non-hydrogen) atoms. The molecule has 2 aromatic heterocycles. The van der Waals surface area contributed by atoms with Crippen molar-refractivity contribution in [2.45, 2.75) is 59.5 Å². The number of nitrogens with zero attached hydrogens (tertiary/aromatic N) is 2. The van der Waals surface area contributed by atoms with Crippen molar-refractivity contribution >= 4 is 29.2 Å². The Hall–Kier alpha value is -4.51. The van der Waals surface area contributed by atoms with Gasteiger partial charge >= 0.3 is 0 Å². The smallest absolute Gasteiger partial charge is 0.0804 e. The highest BCUT2D eigenvalue weighted by atomic mass is 35.5. The number of rotatable bonds is 7. The number of hydrogen-bond donors (Lipinski definition) is 0. The fourth-order valence-corrected chi connectivity index (χ4v) is 8.83. The van der Waals surface area contributed by atoms with Gasteiger partial charge in [0.25, 0.3) is 0 Å². The van der Waals surface area contributed by atoms with Gasteiger partial charge in [0.15, 0.2) is 0 Å². The minimum Gasteiger partial charge on any atom is -0.549 e. The molecule has 252 valence electrons. The number of carboxylic acids is 1. The van der Waals surface area contributed by atoms with E-state index >= 15 is 0 Å². The maximum Gasteiger partial charge on any atom is 0.0804 e. The van der Waals surface area contributed by atoms with Crippen molar-refractivity contribution in [3.05, 3.63) is 142 Å². The molecule has 0 saturated carbocycles. The monoisotopic (exact) mass is 697 g/mol. The Morgan fingerprint density at radius 1 is 0.560 bits per heavy atom. The minimum atomic E-state index is -1.12. The first-order chi connectivity index (χ1) is 23.9. The summed E-state index contributed by atoms with van der Waals surface area (Å²) < 4.78 is 4.61. The molecule has 4 aromatic carbocycles. The van der Waals surface area contributed by atoms with Crippen LogP contribution in [-0.4, -0.2) is 15.1 Å². The lowest BCUT2D eigenvalue weighted by molar-refractivity contribution is -0.307. The summed E-state index contributed by atoms with van der Waals surface area (Å²) in [6.07, 6.45) is 1.63. The molecular weight excluding hydrogens is 659 g/mol. The van der Waals surface area contributed by atoms with E-state index in [2.05, 4.69) is 61.1 Å². The number of carbonyl (C=O) groups is 1. The topological polar surface area (TPSA) is 50.0 Å². The van der Waals surface area contributed by atoms with Crippen LogP contribution in [0.3, 0.4) is 0 Å². The molecule has 0 aliphatic carbocycles. The van der Waals surface area contributed by atoms with E-state index in [1.54, 1.807) is 0 Å². The van der Waals surface area contributed by atoms with E-state index in [1.165, 1.54) is 0 Å². The van der Waals surface area contributed by atoms with Gasteiger partial charge in [-0.2, -0.15) is 0 Å². The van der Waals surface area contributed by atoms with Crippen molar-refractivity contribution in [2.24, 2.45) is 10.8 Å². The van der Waals surface area contributed by atoms with Gasteiger partial charge in [-0.3, -0.25) is 0 Å². The Bertz CT molecular complexity index is 2090. The van der Waals surface area contributed by atoms with Gasteiger partial charge < -0.3 is 19.0 Å². The first-order valence-electron chi connectivity index (χ1n) is 17.3. The average Bonchev–Trinajstić information content (AvgIpc) is 3.76. The molecule has 0 radical (unpaired) electrons. The number of carbonyl (C=O) groups excluding carboxylic acids is 1. The molecule has 8 rings (SSSR count). The van der Waals surface area contributed by atoms with E-state index < -0.39 is 11.9 Å². The molecule has 4 heterocycles. The Morgan fingerprint density at radius 3 is 1.24 bits per heavy atom. The summed E-state index contributed by atoms with van der Waals surface area (Å²) in [6.45, 7) is 10.4. The summed E-state index contributed by atoms with van der Waals surface area (Å²) in [7, 11) is 0. The van der Waals surface area contributed by atoms with Gasteiger partial charge in [0.1, 0.15) is 0 Å². The van der Waals surface area contributed by atoms with Gasteiger partial charge in [-0.1, -0.05) is 136 Å². The second-order valence-corrected chi connectivity index (χ2v) is 16.4. The highest BCUT2D eigenvalue weighted by Gasteiger charge is 2.43. The third kappa shape index (κ3) is 5.50. The lowest BCUT2D eigenvalue weighted by Crippen LogP contribution is -2.34. The van der Waals surface area contributed by atoms with Gasteiger partial charge in [-0.25, -0.2) is 0 Å². The Labute approximate surface area is 303 Å². The second-order valence-electron chi connectivity index (χ2n) is 15.5. The first kappa shape index (κ1) is 32.7. The zero-order valence-corrected chi connectivity index (χ0v) is 30.3. The van der Waals surface area contributed by atoms with E-state index in [9.17, 15) is 9.90 Å². The van der Waals surface area contributed by atoms with Crippen molar-refractivity contribution < 1.29 is 9.90 Å². The van der Waals surface area contributed by atoms with Crippen LogP contribution in [0.2, 0.25) is 10.0 Å². The van der Waals surface area contributed by atoms with Gasteiger partial charge in [-0.05, 0) is 70.2 Å². The van der Waals surface area contributed by atoms with Crippen LogP contribution in [0.5, 0.6) is 0 Å². The largest absolute Gasteiger partial charge is 0.549 e. The van der Waals surface area contributed by atoms with Crippen molar-refractivity contribution in [3.63, 3.8) is 0 Å². The van der Waals surface area contributed by atoms with Crippen LogP contribution in [0, 0.1) is 10.8 Å². The van der Waals surface area contributed by atoms with Crippen LogP contribution in [0.25, 0.3) is 44.5 Å². The molecule has 0 atom stereocenters. The highest BCUT2D eigenvalue weighted by molar-refractivity contribution is 6.31. The first-order valence-corrected chi connectivity index (χ1v) is 18.0. The summed E-state index contributed by atoms with van der Waals surface area (Å²) in [4.78, 5) is 14.2. The van der Waals surface area contributed by atoms with Crippen molar-refractivity contribution in [2.75, 3.05) is 0 Å². The summed E-state index contributed by atoms with van der Waals surface area (Å²) in [5.41, 5.74) is 11.6. The third-order valence-electron chi connectivity index (χ3n) is 10.5. The number of aromatic nitrogens is 2. The molecule has 6 heteroatoms. The van der Waals surface area contributed by atoms with E-state index in [4.69, 9.17) is 23.2 Å². The molecule has 0 unspecified atom stereocenters. The maximum atomic E-state index is 14.2. The number of halogens is 2. The lowest BCUT2D eigenvalue weighted by atomic mass is 9.82. The molecule has 0 spiro atoms. The van der Waals surface area contributed by atoms with E-state index in [1.807, 2.05) is 84.9 Å². The van der Waals surface area contributed by atoms with Gasteiger partial charge in [0.2, 0.25) is 0 Å². The second kappa shape index (κ2) is 12.1. The lowest BCUT2D eigenvalue weighted by Gasteiger charge is -2.28. The van der Waals surface area contributed by atoms with Crippen molar-refractivity contribution in [3.8, 4) is 44.5 Å². The Kier molecular flexibility index (Phi) is 7.89. The van der Waals surface area contributed by atoms with E-state index in [0.29, 0.717) is 23.1 Å².